The lowest BCUT2D eigenvalue weighted by Gasteiger charge is -2.16. The first-order valence-corrected chi connectivity index (χ1v) is 7.53. The summed E-state index contributed by atoms with van der Waals surface area (Å²) in [6.45, 7) is 1.50. The highest BCUT2D eigenvalue weighted by Gasteiger charge is 2.06. The zero-order valence-electron chi connectivity index (χ0n) is 12.6. The van der Waals surface area contributed by atoms with Gasteiger partial charge in [0.1, 0.15) is 5.82 Å². The van der Waals surface area contributed by atoms with Crippen molar-refractivity contribution < 1.29 is 9.18 Å². The Morgan fingerprint density at radius 3 is 2.26 bits per heavy atom. The fraction of sp³-hybridized carbons (Fsp3) is 0.125. The van der Waals surface area contributed by atoms with Crippen LogP contribution >= 0.6 is 23.8 Å². The average Bonchev–Trinajstić information content (AvgIpc) is 2.51. The number of benzene rings is 2. The summed E-state index contributed by atoms with van der Waals surface area (Å²) < 4.78 is 13.1. The second-order valence-corrected chi connectivity index (χ2v) is 5.65. The van der Waals surface area contributed by atoms with Gasteiger partial charge in [0.15, 0.2) is 5.11 Å². The summed E-state index contributed by atoms with van der Waals surface area (Å²) in [5.74, 6) is -0.530. The van der Waals surface area contributed by atoms with Crippen LogP contribution in [0.5, 0.6) is 0 Å². The Morgan fingerprint density at radius 1 is 1.13 bits per heavy atom. The molecule has 0 spiro atoms. The van der Waals surface area contributed by atoms with Crippen LogP contribution in [0.3, 0.4) is 0 Å². The minimum atomic E-state index is -0.485. The van der Waals surface area contributed by atoms with Crippen LogP contribution in [0.1, 0.15) is 6.92 Å². The predicted octanol–water partition coefficient (Wildman–Crippen LogP) is 4.27. The largest absolute Gasteiger partial charge is 0.332 e. The van der Waals surface area contributed by atoms with Gasteiger partial charge in [0.05, 0.1) is 5.02 Å². The standard InChI is InChI=1S/C16H15ClFN3OS/c1-10(22)21(2)13-6-3-11(4-7-13)19-16(23)20-12-5-8-15(18)14(17)9-12/h3-9H,1-2H3,(H2,19,20,23). The molecule has 2 aromatic carbocycles. The summed E-state index contributed by atoms with van der Waals surface area (Å²) in [4.78, 5) is 12.8. The maximum absolute atomic E-state index is 13.1. The van der Waals surface area contributed by atoms with Gasteiger partial charge in [-0.2, -0.15) is 0 Å². The molecule has 0 heterocycles. The summed E-state index contributed by atoms with van der Waals surface area (Å²) in [6, 6.07) is 11.5. The van der Waals surface area contributed by atoms with Crippen LogP contribution in [0.4, 0.5) is 21.5 Å². The van der Waals surface area contributed by atoms with Crippen molar-refractivity contribution in [2.24, 2.45) is 0 Å². The van der Waals surface area contributed by atoms with Gasteiger partial charge >= 0.3 is 0 Å². The van der Waals surface area contributed by atoms with E-state index in [4.69, 9.17) is 23.8 Å². The molecule has 0 bridgehead atoms. The van der Waals surface area contributed by atoms with Gasteiger partial charge in [-0.05, 0) is 54.7 Å². The molecule has 0 aromatic heterocycles. The van der Waals surface area contributed by atoms with Crippen molar-refractivity contribution in [2.75, 3.05) is 22.6 Å². The molecule has 0 aliphatic rings. The van der Waals surface area contributed by atoms with Crippen LogP contribution in [0.25, 0.3) is 0 Å². The van der Waals surface area contributed by atoms with Crippen LogP contribution in [-0.4, -0.2) is 18.1 Å². The summed E-state index contributed by atoms with van der Waals surface area (Å²) >= 11 is 10.9. The lowest BCUT2D eigenvalue weighted by molar-refractivity contribution is -0.116. The Hall–Kier alpha value is -2.18. The zero-order valence-corrected chi connectivity index (χ0v) is 14.1. The van der Waals surface area contributed by atoms with Crippen LogP contribution in [0.15, 0.2) is 42.5 Å². The lowest BCUT2D eigenvalue weighted by atomic mass is 10.2. The van der Waals surface area contributed by atoms with E-state index in [-0.39, 0.29) is 10.9 Å². The highest BCUT2D eigenvalue weighted by Crippen LogP contribution is 2.20. The predicted molar refractivity (Wildman–Crippen MR) is 96.8 cm³/mol. The van der Waals surface area contributed by atoms with Crippen molar-refractivity contribution in [2.45, 2.75) is 6.92 Å². The average molecular weight is 352 g/mol. The fourth-order valence-corrected chi connectivity index (χ4v) is 2.23. The van der Waals surface area contributed by atoms with Gasteiger partial charge in [-0.1, -0.05) is 11.6 Å². The lowest BCUT2D eigenvalue weighted by Crippen LogP contribution is -2.23. The van der Waals surface area contributed by atoms with Crippen LogP contribution < -0.4 is 15.5 Å². The Balaban J connectivity index is 2.00. The summed E-state index contributed by atoms with van der Waals surface area (Å²) in [5.41, 5.74) is 2.13. The molecular weight excluding hydrogens is 337 g/mol. The van der Waals surface area contributed by atoms with Crippen molar-refractivity contribution in [3.8, 4) is 0 Å². The quantitative estimate of drug-likeness (QED) is 0.810. The van der Waals surface area contributed by atoms with Gasteiger partial charge in [-0.25, -0.2) is 4.39 Å². The third-order valence-corrected chi connectivity index (χ3v) is 3.66. The first-order valence-electron chi connectivity index (χ1n) is 6.74. The Bertz CT molecular complexity index is 737. The Morgan fingerprint density at radius 2 is 1.70 bits per heavy atom. The van der Waals surface area contributed by atoms with Crippen molar-refractivity contribution in [1.29, 1.82) is 0 Å². The minimum Gasteiger partial charge on any atom is -0.332 e. The Kier molecular flexibility index (Phi) is 5.52. The maximum Gasteiger partial charge on any atom is 0.223 e. The zero-order chi connectivity index (χ0) is 17.0. The molecule has 1 amide bonds. The van der Waals surface area contributed by atoms with E-state index in [2.05, 4.69) is 10.6 Å². The smallest absolute Gasteiger partial charge is 0.223 e. The van der Waals surface area contributed by atoms with E-state index < -0.39 is 5.82 Å². The molecule has 0 aliphatic carbocycles. The molecule has 0 radical (unpaired) electrons. The number of carbonyl (C=O) groups excluding carboxylic acids is 1. The Labute approximate surface area is 144 Å². The van der Waals surface area contributed by atoms with Crippen LogP contribution in [0, 0.1) is 5.82 Å². The van der Waals surface area contributed by atoms with E-state index in [1.807, 2.05) is 0 Å². The first-order chi connectivity index (χ1) is 10.9. The van der Waals surface area contributed by atoms with Gasteiger partial charge in [0.25, 0.3) is 0 Å². The second-order valence-electron chi connectivity index (χ2n) is 4.83. The molecule has 2 rings (SSSR count). The molecule has 0 unspecified atom stereocenters. The fourth-order valence-electron chi connectivity index (χ4n) is 1.82. The van der Waals surface area contributed by atoms with E-state index in [9.17, 15) is 9.18 Å². The van der Waals surface area contributed by atoms with E-state index in [1.165, 1.54) is 19.1 Å². The van der Waals surface area contributed by atoms with Crippen molar-refractivity contribution in [1.82, 2.24) is 0 Å². The van der Waals surface area contributed by atoms with Gasteiger partial charge in [0, 0.05) is 31.0 Å². The van der Waals surface area contributed by atoms with Gasteiger partial charge in [0.2, 0.25) is 5.91 Å². The van der Waals surface area contributed by atoms with Crippen LogP contribution in [-0.2, 0) is 4.79 Å². The highest BCUT2D eigenvalue weighted by atomic mass is 35.5. The van der Waals surface area contributed by atoms with Gasteiger partial charge in [-0.15, -0.1) is 0 Å². The molecule has 0 atom stereocenters. The number of carbonyl (C=O) groups is 1. The summed E-state index contributed by atoms with van der Waals surface area (Å²) in [5, 5.41) is 6.29. The number of nitrogens with one attached hydrogen (secondary N) is 2. The number of hydrogen-bond donors (Lipinski definition) is 2. The van der Waals surface area contributed by atoms with E-state index in [1.54, 1.807) is 42.3 Å². The van der Waals surface area contributed by atoms with E-state index in [0.29, 0.717) is 10.8 Å². The molecular formula is C16H15ClFN3OS. The number of nitrogens with zero attached hydrogens (tertiary/aromatic N) is 1. The van der Waals surface area contributed by atoms with Crippen molar-refractivity contribution in [3.63, 3.8) is 0 Å². The molecule has 23 heavy (non-hydrogen) atoms. The highest BCUT2D eigenvalue weighted by molar-refractivity contribution is 7.80. The van der Waals surface area contributed by atoms with Crippen molar-refractivity contribution in [3.05, 3.63) is 53.3 Å². The number of rotatable bonds is 3. The van der Waals surface area contributed by atoms with Crippen molar-refractivity contribution >= 4 is 51.9 Å². The molecule has 4 nitrogen and oxygen atoms in total. The first kappa shape index (κ1) is 17.2. The maximum atomic E-state index is 13.1. The van der Waals surface area contributed by atoms with Gasteiger partial charge < -0.3 is 15.5 Å². The molecule has 120 valence electrons. The van der Waals surface area contributed by atoms with E-state index >= 15 is 0 Å². The third kappa shape index (κ3) is 4.64. The number of halogens is 2. The normalized spacial score (nSPS) is 10.1. The SMILES string of the molecule is CC(=O)N(C)c1ccc(NC(=S)Nc2ccc(F)c(Cl)c2)cc1. The molecule has 0 aliphatic heterocycles. The number of thiocarbonyl (C=S) groups is 1. The number of anilines is 3. The monoisotopic (exact) mass is 351 g/mol. The van der Waals surface area contributed by atoms with Crippen LogP contribution in [0.2, 0.25) is 5.02 Å². The molecule has 0 saturated heterocycles. The summed E-state index contributed by atoms with van der Waals surface area (Å²) in [7, 11) is 1.70. The molecule has 2 aromatic rings. The number of hydrogen-bond acceptors (Lipinski definition) is 2. The van der Waals surface area contributed by atoms with E-state index in [0.717, 1.165) is 11.4 Å². The molecule has 7 heteroatoms. The topological polar surface area (TPSA) is 44.4 Å². The molecule has 2 N–H and O–H groups in total. The van der Waals surface area contributed by atoms with Gasteiger partial charge in [-0.3, -0.25) is 4.79 Å². The minimum absolute atomic E-state index is 0.0226. The number of amides is 1. The molecule has 0 fully saturated rings. The summed E-state index contributed by atoms with van der Waals surface area (Å²) in [6.07, 6.45) is 0. The third-order valence-electron chi connectivity index (χ3n) is 3.16. The molecule has 0 saturated carbocycles. The second kappa shape index (κ2) is 7.39.